The summed E-state index contributed by atoms with van der Waals surface area (Å²) in [5.41, 5.74) is 2.62. The predicted octanol–water partition coefficient (Wildman–Crippen LogP) is 4.74. The van der Waals surface area contributed by atoms with Crippen LogP contribution in [0.25, 0.3) is 0 Å². The molecule has 1 aliphatic rings. The summed E-state index contributed by atoms with van der Waals surface area (Å²) in [6.07, 6.45) is -0.0638. The molecule has 1 saturated heterocycles. The van der Waals surface area contributed by atoms with E-state index in [-0.39, 0.29) is 12.4 Å². The Labute approximate surface area is 142 Å². The highest BCUT2D eigenvalue weighted by molar-refractivity contribution is 5.47. The fourth-order valence-electron chi connectivity index (χ4n) is 3.19. The van der Waals surface area contributed by atoms with Gasteiger partial charge in [0.25, 0.3) is 0 Å². The van der Waals surface area contributed by atoms with Gasteiger partial charge in [-0.3, -0.25) is 0 Å². The lowest BCUT2D eigenvalue weighted by atomic mass is 9.80. The summed E-state index contributed by atoms with van der Waals surface area (Å²) in [4.78, 5) is 0. The molecule has 0 bridgehead atoms. The van der Waals surface area contributed by atoms with Gasteiger partial charge in [0.2, 0.25) is 0 Å². The van der Waals surface area contributed by atoms with Gasteiger partial charge in [0.1, 0.15) is 11.7 Å². The molecule has 3 aromatic rings. The largest absolute Gasteiger partial charge is 0.342 e. The van der Waals surface area contributed by atoms with Gasteiger partial charge in [-0.2, -0.15) is 0 Å². The molecule has 24 heavy (non-hydrogen) atoms. The lowest BCUT2D eigenvalue weighted by Gasteiger charge is -2.35. The van der Waals surface area contributed by atoms with Crippen LogP contribution >= 0.6 is 0 Å². The number of hydrogen-bond acceptors (Lipinski definition) is 2. The van der Waals surface area contributed by atoms with Crippen LogP contribution in [0.3, 0.4) is 0 Å². The van der Waals surface area contributed by atoms with Gasteiger partial charge >= 0.3 is 0 Å². The van der Waals surface area contributed by atoms with Crippen LogP contribution in [0, 0.1) is 0 Å². The maximum absolute atomic E-state index is 6.60. The highest BCUT2D eigenvalue weighted by atomic mass is 16.8. The second-order valence-corrected chi connectivity index (χ2v) is 6.11. The average molecular weight is 316 g/mol. The molecule has 0 aliphatic carbocycles. The summed E-state index contributed by atoms with van der Waals surface area (Å²) in [6.45, 7) is 2.04. The summed E-state index contributed by atoms with van der Waals surface area (Å²) in [6, 6.07) is 31.1. The number of epoxide rings is 1. The van der Waals surface area contributed by atoms with Crippen LogP contribution in [0.1, 0.15) is 23.6 Å². The van der Waals surface area contributed by atoms with Crippen molar-refractivity contribution in [3.63, 3.8) is 0 Å². The van der Waals surface area contributed by atoms with Gasteiger partial charge in [-0.15, -0.1) is 0 Å². The van der Waals surface area contributed by atoms with E-state index in [1.165, 1.54) is 0 Å². The standard InChI is InChI=1S/C22H20O2/c1-17-21(23-17)24-22(18-11-5-2-6-12-18,19-13-7-3-8-14-19)20-15-9-4-10-16-20/h2-17,21H,1H3/t17-,21-/m1/s1. The first-order chi connectivity index (χ1) is 11.8. The summed E-state index contributed by atoms with van der Waals surface area (Å²) < 4.78 is 12.2. The summed E-state index contributed by atoms with van der Waals surface area (Å²) in [5, 5.41) is 0. The fraction of sp³-hybridized carbons (Fsp3) is 0.182. The van der Waals surface area contributed by atoms with E-state index < -0.39 is 5.60 Å². The molecule has 1 fully saturated rings. The third-order valence-electron chi connectivity index (χ3n) is 4.49. The molecule has 0 radical (unpaired) electrons. The Kier molecular flexibility index (Phi) is 3.93. The normalized spacial score (nSPS) is 19.9. The van der Waals surface area contributed by atoms with Crippen LogP contribution in [0.5, 0.6) is 0 Å². The minimum absolute atomic E-state index is 0.125. The minimum atomic E-state index is -0.681. The van der Waals surface area contributed by atoms with Crippen LogP contribution in [0.4, 0.5) is 0 Å². The van der Waals surface area contributed by atoms with Crippen molar-refractivity contribution in [2.45, 2.75) is 24.9 Å². The Morgan fingerprint density at radius 2 is 1.00 bits per heavy atom. The molecule has 1 aliphatic heterocycles. The quantitative estimate of drug-likeness (QED) is 0.501. The molecule has 120 valence electrons. The van der Waals surface area contributed by atoms with Crippen LogP contribution in [0.2, 0.25) is 0 Å². The third kappa shape index (κ3) is 2.64. The molecule has 1 heterocycles. The Morgan fingerprint density at radius 3 is 1.29 bits per heavy atom. The highest BCUT2D eigenvalue weighted by Crippen LogP contribution is 2.44. The van der Waals surface area contributed by atoms with Crippen molar-refractivity contribution in [2.75, 3.05) is 0 Å². The van der Waals surface area contributed by atoms with Gasteiger partial charge in [0.05, 0.1) is 0 Å². The Morgan fingerprint density at radius 1 is 0.667 bits per heavy atom. The Balaban J connectivity index is 1.95. The zero-order chi connectivity index (χ0) is 16.4. The monoisotopic (exact) mass is 316 g/mol. The molecule has 4 rings (SSSR count). The Hall–Kier alpha value is -2.42. The summed E-state index contributed by atoms with van der Waals surface area (Å²) in [5.74, 6) is 0. The zero-order valence-corrected chi connectivity index (χ0v) is 13.6. The average Bonchev–Trinajstić information content (AvgIpc) is 3.36. The van der Waals surface area contributed by atoms with Gasteiger partial charge < -0.3 is 9.47 Å². The summed E-state index contributed by atoms with van der Waals surface area (Å²) >= 11 is 0. The van der Waals surface area contributed by atoms with Crippen LogP contribution in [0.15, 0.2) is 91.0 Å². The molecule has 0 spiro atoms. The highest BCUT2D eigenvalue weighted by Gasteiger charge is 2.47. The lowest BCUT2D eigenvalue weighted by Crippen LogP contribution is -2.34. The van der Waals surface area contributed by atoms with E-state index in [2.05, 4.69) is 72.8 Å². The maximum atomic E-state index is 6.60. The SMILES string of the molecule is C[C@H]1O[C@@H]1OC(c1ccccc1)(c1ccccc1)c1ccccc1. The molecule has 0 amide bonds. The molecule has 0 unspecified atom stereocenters. The van der Waals surface area contributed by atoms with E-state index in [0.717, 1.165) is 16.7 Å². The van der Waals surface area contributed by atoms with Crippen LogP contribution in [-0.4, -0.2) is 12.4 Å². The van der Waals surface area contributed by atoms with Crippen LogP contribution in [-0.2, 0) is 15.1 Å². The molecule has 0 saturated carbocycles. The van der Waals surface area contributed by atoms with Crippen molar-refractivity contribution in [3.05, 3.63) is 108 Å². The first-order valence-corrected chi connectivity index (χ1v) is 8.30. The first-order valence-electron chi connectivity index (χ1n) is 8.30. The molecule has 2 atom stereocenters. The van der Waals surface area contributed by atoms with Crippen molar-refractivity contribution in [1.82, 2.24) is 0 Å². The molecule has 3 aromatic carbocycles. The maximum Gasteiger partial charge on any atom is 0.186 e. The second kappa shape index (κ2) is 6.23. The molecule has 2 heteroatoms. The first kappa shape index (κ1) is 15.1. The molecule has 2 nitrogen and oxygen atoms in total. The number of ether oxygens (including phenoxy) is 2. The van der Waals surface area contributed by atoms with E-state index in [9.17, 15) is 0 Å². The van der Waals surface area contributed by atoms with Crippen molar-refractivity contribution in [2.24, 2.45) is 0 Å². The van der Waals surface area contributed by atoms with E-state index in [1.807, 2.05) is 25.1 Å². The van der Waals surface area contributed by atoms with Crippen LogP contribution < -0.4 is 0 Å². The van der Waals surface area contributed by atoms with Gasteiger partial charge in [-0.25, -0.2) is 0 Å². The number of rotatable bonds is 5. The smallest absolute Gasteiger partial charge is 0.186 e. The van der Waals surface area contributed by atoms with Gasteiger partial charge in [0, 0.05) is 0 Å². The number of hydrogen-bond donors (Lipinski definition) is 0. The Bertz CT molecular complexity index is 687. The minimum Gasteiger partial charge on any atom is -0.342 e. The van der Waals surface area contributed by atoms with Gasteiger partial charge in [-0.05, 0) is 23.6 Å². The third-order valence-corrected chi connectivity index (χ3v) is 4.49. The van der Waals surface area contributed by atoms with Gasteiger partial charge in [0.15, 0.2) is 6.29 Å². The zero-order valence-electron chi connectivity index (χ0n) is 13.6. The van der Waals surface area contributed by atoms with Gasteiger partial charge in [-0.1, -0.05) is 91.0 Å². The molecular formula is C22H20O2. The predicted molar refractivity (Wildman–Crippen MR) is 94.6 cm³/mol. The summed E-state index contributed by atoms with van der Waals surface area (Å²) in [7, 11) is 0. The molecular weight excluding hydrogens is 296 g/mol. The van der Waals surface area contributed by atoms with Crippen molar-refractivity contribution in [1.29, 1.82) is 0 Å². The molecule has 0 N–H and O–H groups in total. The van der Waals surface area contributed by atoms with Crippen molar-refractivity contribution < 1.29 is 9.47 Å². The van der Waals surface area contributed by atoms with E-state index in [4.69, 9.17) is 9.47 Å². The van der Waals surface area contributed by atoms with Crippen molar-refractivity contribution in [3.8, 4) is 0 Å². The van der Waals surface area contributed by atoms with E-state index >= 15 is 0 Å². The molecule has 0 aromatic heterocycles. The second-order valence-electron chi connectivity index (χ2n) is 6.11. The lowest BCUT2D eigenvalue weighted by molar-refractivity contribution is -0.0452. The van der Waals surface area contributed by atoms with E-state index in [0.29, 0.717) is 0 Å². The van der Waals surface area contributed by atoms with Crippen molar-refractivity contribution >= 4 is 0 Å². The topological polar surface area (TPSA) is 21.8 Å². The fourth-order valence-corrected chi connectivity index (χ4v) is 3.19. The number of benzene rings is 3. The van der Waals surface area contributed by atoms with E-state index in [1.54, 1.807) is 0 Å².